The summed E-state index contributed by atoms with van der Waals surface area (Å²) in [6.45, 7) is 5.48. The Labute approximate surface area is 247 Å². The summed E-state index contributed by atoms with van der Waals surface area (Å²) in [4.78, 5) is 27.6. The first-order chi connectivity index (χ1) is 20.9. The fraction of sp³-hybridized carbons (Fsp3) is 0.387. The van der Waals surface area contributed by atoms with Crippen LogP contribution in [0.5, 0.6) is 11.6 Å². The van der Waals surface area contributed by atoms with Crippen LogP contribution in [0.2, 0.25) is 0 Å². The van der Waals surface area contributed by atoms with Crippen LogP contribution >= 0.6 is 0 Å². The molecule has 2 aromatic heterocycles. The van der Waals surface area contributed by atoms with E-state index < -0.39 is 11.8 Å². The number of carbonyl (C=O) groups is 1. The molecule has 222 valence electrons. The number of piperidine rings is 1. The number of aromatic carboxylic acids is 1. The molecule has 0 bridgehead atoms. The van der Waals surface area contributed by atoms with E-state index in [9.17, 15) is 14.3 Å². The number of carboxylic acids is 1. The van der Waals surface area contributed by atoms with Gasteiger partial charge >= 0.3 is 5.97 Å². The summed E-state index contributed by atoms with van der Waals surface area (Å²) < 4.78 is 33.6. The van der Waals surface area contributed by atoms with E-state index in [1.54, 1.807) is 24.4 Å². The molecule has 4 heterocycles. The Bertz CT molecular complexity index is 1690. The highest BCUT2D eigenvalue weighted by atomic mass is 19.1. The topological polar surface area (TPSA) is 136 Å². The van der Waals surface area contributed by atoms with Gasteiger partial charge in [0.2, 0.25) is 5.88 Å². The van der Waals surface area contributed by atoms with Crippen molar-refractivity contribution in [3.63, 3.8) is 0 Å². The number of aryl methyl sites for hydroxylation is 1. The number of benzene rings is 2. The normalized spacial score (nSPS) is 17.4. The third kappa shape index (κ3) is 6.43. The number of rotatable bonds is 10. The zero-order valence-electron chi connectivity index (χ0n) is 23.7. The highest BCUT2D eigenvalue weighted by molar-refractivity contribution is 5.94. The predicted molar refractivity (Wildman–Crippen MR) is 152 cm³/mol. The van der Waals surface area contributed by atoms with Crippen LogP contribution in [0.4, 0.5) is 4.39 Å². The first-order valence-electron chi connectivity index (χ1n) is 14.2. The number of imidazole rings is 1. The molecule has 2 saturated heterocycles. The minimum atomic E-state index is -0.954. The molecule has 0 amide bonds. The summed E-state index contributed by atoms with van der Waals surface area (Å²) >= 11 is 0. The molecule has 0 radical (unpaired) electrons. The number of aromatic nitrogens is 4. The number of carboxylic acid groups (broad SMARTS) is 1. The lowest BCUT2D eigenvalue weighted by molar-refractivity contribution is -0.0592. The van der Waals surface area contributed by atoms with Crippen LogP contribution < -0.4 is 9.47 Å². The van der Waals surface area contributed by atoms with Gasteiger partial charge in [-0.3, -0.25) is 4.90 Å². The van der Waals surface area contributed by atoms with Gasteiger partial charge in [-0.15, -0.1) is 0 Å². The zero-order valence-corrected chi connectivity index (χ0v) is 23.7. The summed E-state index contributed by atoms with van der Waals surface area (Å²) in [5.74, 6) is 0.131. The molecule has 0 spiro atoms. The average molecular weight is 587 g/mol. The maximum atomic E-state index is 14.1. The molecule has 43 heavy (non-hydrogen) atoms. The van der Waals surface area contributed by atoms with Gasteiger partial charge in [0.25, 0.3) is 0 Å². The van der Waals surface area contributed by atoms with Crippen LogP contribution in [0, 0.1) is 24.1 Å². The number of nitriles is 1. The number of fused-ring (bicyclic) bond motifs is 1. The Hall–Kier alpha value is -4.60. The van der Waals surface area contributed by atoms with Crippen molar-refractivity contribution in [2.75, 3.05) is 19.7 Å². The summed E-state index contributed by atoms with van der Waals surface area (Å²) in [5, 5.41) is 18.5. The second-order valence-corrected chi connectivity index (χ2v) is 10.8. The van der Waals surface area contributed by atoms with Crippen molar-refractivity contribution < 1.29 is 28.5 Å². The molecule has 6 rings (SSSR count). The predicted octanol–water partition coefficient (Wildman–Crippen LogP) is 4.26. The van der Waals surface area contributed by atoms with E-state index in [0.717, 1.165) is 67.4 Å². The van der Waals surface area contributed by atoms with Crippen LogP contribution in [0.1, 0.15) is 52.4 Å². The van der Waals surface area contributed by atoms with Gasteiger partial charge in [0.05, 0.1) is 47.4 Å². The smallest absolute Gasteiger partial charge is 0.335 e. The lowest BCUT2D eigenvalue weighted by atomic mass is 10.1. The molecule has 11 nitrogen and oxygen atoms in total. The molecule has 1 N–H and O–H groups in total. The van der Waals surface area contributed by atoms with Gasteiger partial charge in [0.1, 0.15) is 18.5 Å². The number of nitrogens with zero attached hydrogens (tertiary/aromatic N) is 6. The largest absolute Gasteiger partial charge is 0.483 e. The molecule has 2 aliphatic heterocycles. The van der Waals surface area contributed by atoms with Crippen molar-refractivity contribution in [1.29, 1.82) is 5.26 Å². The van der Waals surface area contributed by atoms with E-state index in [0.29, 0.717) is 24.8 Å². The molecule has 4 aromatic rings. The maximum Gasteiger partial charge on any atom is 0.335 e. The summed E-state index contributed by atoms with van der Waals surface area (Å²) in [6, 6.07) is 11.0. The van der Waals surface area contributed by atoms with Crippen molar-refractivity contribution in [1.82, 2.24) is 24.4 Å². The molecule has 2 aliphatic rings. The fourth-order valence-electron chi connectivity index (χ4n) is 5.42. The third-order valence-electron chi connectivity index (χ3n) is 7.83. The first kappa shape index (κ1) is 28.5. The van der Waals surface area contributed by atoms with Crippen LogP contribution in [0.25, 0.3) is 11.0 Å². The average Bonchev–Trinajstić information content (AvgIpc) is 3.32. The van der Waals surface area contributed by atoms with Gasteiger partial charge in [0, 0.05) is 32.0 Å². The zero-order chi connectivity index (χ0) is 29.9. The minimum absolute atomic E-state index is 0.0209. The molecule has 1 atom stereocenters. The number of halogens is 1. The van der Waals surface area contributed by atoms with Gasteiger partial charge in [0.15, 0.2) is 17.4 Å². The van der Waals surface area contributed by atoms with Gasteiger partial charge in [-0.05, 0) is 62.1 Å². The standard InChI is InChI=1S/C31H31FN6O5/c1-19-12-21(31(39)40)14-25-30(19)36-28(38(25)16-23-7-11-41-23)17-37-9-5-22(6-10-37)43-29-4-8-34-27(35-29)18-42-26-3-2-20(15-33)13-24(26)32/h2-4,8,12-14,22-23H,5-7,9-11,16-18H2,1H3,(H,39,40)/t23-/m0/s1. The fourth-order valence-corrected chi connectivity index (χ4v) is 5.42. The number of ether oxygens (including phenoxy) is 3. The SMILES string of the molecule is Cc1cc(C(=O)O)cc2c1nc(CN1CCC(Oc3ccnc(COc4ccc(C#N)cc4F)n3)CC1)n2C[C@@H]1CCO1. The van der Waals surface area contributed by atoms with E-state index in [1.165, 1.54) is 12.1 Å². The Morgan fingerprint density at radius 3 is 2.70 bits per heavy atom. The van der Waals surface area contributed by atoms with E-state index in [2.05, 4.69) is 19.4 Å². The van der Waals surface area contributed by atoms with Crippen molar-refractivity contribution in [3.8, 4) is 17.7 Å². The molecular weight excluding hydrogens is 555 g/mol. The summed E-state index contributed by atoms with van der Waals surface area (Å²) in [5.41, 5.74) is 2.96. The van der Waals surface area contributed by atoms with Gasteiger partial charge < -0.3 is 23.9 Å². The molecule has 0 aliphatic carbocycles. The van der Waals surface area contributed by atoms with E-state index in [-0.39, 0.29) is 35.7 Å². The molecular formula is C31H31FN6O5. The number of likely N-dealkylation sites (tertiary alicyclic amines) is 1. The van der Waals surface area contributed by atoms with Crippen molar-refractivity contribution >= 4 is 17.0 Å². The Kier molecular flexibility index (Phi) is 8.18. The monoisotopic (exact) mass is 586 g/mol. The van der Waals surface area contributed by atoms with Crippen LogP contribution in [0.3, 0.4) is 0 Å². The minimum Gasteiger partial charge on any atom is -0.483 e. The Morgan fingerprint density at radius 1 is 1.19 bits per heavy atom. The lowest BCUT2D eigenvalue weighted by Crippen LogP contribution is -2.39. The van der Waals surface area contributed by atoms with Crippen molar-refractivity contribution in [3.05, 3.63) is 76.8 Å². The van der Waals surface area contributed by atoms with E-state index >= 15 is 0 Å². The highest BCUT2D eigenvalue weighted by Gasteiger charge is 2.26. The van der Waals surface area contributed by atoms with Crippen molar-refractivity contribution in [2.45, 2.75) is 58.1 Å². The molecule has 0 unspecified atom stereocenters. The van der Waals surface area contributed by atoms with Crippen LogP contribution in [-0.2, 0) is 24.4 Å². The third-order valence-corrected chi connectivity index (χ3v) is 7.83. The molecule has 2 fully saturated rings. The second kappa shape index (κ2) is 12.3. The quantitative estimate of drug-likeness (QED) is 0.287. The first-order valence-corrected chi connectivity index (χ1v) is 14.2. The lowest BCUT2D eigenvalue weighted by Gasteiger charge is -2.32. The van der Waals surface area contributed by atoms with E-state index in [1.807, 2.05) is 13.0 Å². The van der Waals surface area contributed by atoms with Crippen LogP contribution in [0.15, 0.2) is 42.6 Å². The number of hydrogen-bond donors (Lipinski definition) is 1. The second-order valence-electron chi connectivity index (χ2n) is 10.8. The highest BCUT2D eigenvalue weighted by Crippen LogP contribution is 2.27. The van der Waals surface area contributed by atoms with Gasteiger partial charge in [-0.2, -0.15) is 10.2 Å². The Balaban J connectivity index is 1.07. The summed E-state index contributed by atoms with van der Waals surface area (Å²) in [7, 11) is 0. The molecule has 0 saturated carbocycles. The maximum absolute atomic E-state index is 14.1. The Morgan fingerprint density at radius 2 is 2.00 bits per heavy atom. The molecule has 12 heteroatoms. The van der Waals surface area contributed by atoms with E-state index in [4.69, 9.17) is 24.5 Å². The van der Waals surface area contributed by atoms with Crippen LogP contribution in [-0.4, -0.2) is 67.4 Å². The number of hydrogen-bond acceptors (Lipinski definition) is 9. The van der Waals surface area contributed by atoms with Gasteiger partial charge in [-0.25, -0.2) is 19.2 Å². The van der Waals surface area contributed by atoms with Crippen molar-refractivity contribution in [2.24, 2.45) is 0 Å². The van der Waals surface area contributed by atoms with Gasteiger partial charge in [-0.1, -0.05) is 0 Å². The summed E-state index contributed by atoms with van der Waals surface area (Å²) in [6.07, 6.45) is 4.22. The molecule has 2 aromatic carbocycles.